The Morgan fingerprint density at radius 1 is 0.625 bits per heavy atom. The van der Waals surface area contributed by atoms with Gasteiger partial charge >= 0.3 is 36.5 Å². The molecule has 0 aromatic carbocycles. The Balaban J connectivity index is 5.83. The van der Waals surface area contributed by atoms with Crippen LogP contribution >= 0.6 is 0 Å². The maximum Gasteiger partial charge on any atom is 0.458 e. The van der Waals surface area contributed by atoms with E-state index in [2.05, 4.69) is 9.47 Å². The number of halogens is 13. The molecule has 0 aliphatic carbocycles. The summed E-state index contributed by atoms with van der Waals surface area (Å²) in [7, 11) is -0.233. The summed E-state index contributed by atoms with van der Waals surface area (Å²) in [6.45, 7) is -3.24. The number of alkyl halides is 13. The highest BCUT2D eigenvalue weighted by molar-refractivity contribution is 4.89. The second-order valence-electron chi connectivity index (χ2n) is 3.85. The summed E-state index contributed by atoms with van der Waals surface area (Å²) in [6, 6.07) is 0. The molecule has 0 saturated heterocycles. The molecule has 0 aliphatic heterocycles. The fourth-order valence-electron chi connectivity index (χ4n) is 0.902. The molecule has 0 rings (SSSR count). The smallest absolute Gasteiger partial charge is 0.317 e. The van der Waals surface area contributed by atoms with E-state index in [1.54, 1.807) is 0 Å². The van der Waals surface area contributed by atoms with Crippen molar-refractivity contribution in [2.24, 2.45) is 0 Å². The van der Waals surface area contributed by atoms with Crippen LogP contribution in [0, 0.1) is 0 Å². The van der Waals surface area contributed by atoms with Crippen LogP contribution in [0.3, 0.4) is 0 Å². The molecule has 0 aliphatic rings. The molecule has 1 unspecified atom stereocenters. The first-order valence-corrected chi connectivity index (χ1v) is 5.07. The molecule has 1 atom stereocenters. The molecule has 24 heavy (non-hydrogen) atoms. The minimum absolute atomic E-state index is 0.233. The summed E-state index contributed by atoms with van der Waals surface area (Å²) in [5.74, 6) is -7.07. The van der Waals surface area contributed by atoms with Crippen LogP contribution in [0.25, 0.3) is 0 Å². The van der Waals surface area contributed by atoms with Crippen LogP contribution in [0.1, 0.15) is 0 Å². The molecular weight excluding hydrogens is 391 g/mol. The van der Waals surface area contributed by atoms with E-state index in [0.717, 1.165) is 0 Å². The fraction of sp³-hybridized carbons (Fsp3) is 1.00. The van der Waals surface area contributed by atoms with E-state index in [1.807, 2.05) is 4.74 Å². The van der Waals surface area contributed by atoms with Crippen LogP contribution in [0.5, 0.6) is 0 Å². The third-order valence-corrected chi connectivity index (χ3v) is 2.02. The molecule has 0 N–H and O–H groups in total. The molecule has 0 fully saturated rings. The second-order valence-corrected chi connectivity index (χ2v) is 3.85. The van der Waals surface area contributed by atoms with Gasteiger partial charge in [0, 0.05) is 7.11 Å². The summed E-state index contributed by atoms with van der Waals surface area (Å²) in [6.07, 6.45) is -32.5. The molecule has 0 heterocycles. The van der Waals surface area contributed by atoms with Crippen LogP contribution in [0.15, 0.2) is 0 Å². The average molecular weight is 396 g/mol. The van der Waals surface area contributed by atoms with Gasteiger partial charge in [0.15, 0.2) is 0 Å². The predicted molar refractivity (Wildman–Crippen MR) is 44.8 cm³/mol. The zero-order chi connectivity index (χ0) is 19.8. The number of hydrogen-bond donors (Lipinski definition) is 0. The van der Waals surface area contributed by atoms with Crippen LogP contribution in [-0.2, 0) is 14.2 Å². The lowest BCUT2D eigenvalue weighted by Gasteiger charge is -2.37. The average Bonchev–Trinajstić information content (AvgIpc) is 2.33. The largest absolute Gasteiger partial charge is 0.458 e. The molecule has 0 saturated carbocycles. The van der Waals surface area contributed by atoms with Gasteiger partial charge in [-0.15, -0.1) is 0 Å². The molecule has 0 aromatic rings. The lowest BCUT2D eigenvalue weighted by molar-refractivity contribution is -0.539. The molecule has 16 heteroatoms. The Labute approximate surface area is 123 Å². The molecular formula is C8H5F13O3. The topological polar surface area (TPSA) is 27.7 Å². The molecule has 3 nitrogen and oxygen atoms in total. The summed E-state index contributed by atoms with van der Waals surface area (Å²) in [4.78, 5) is 0. The number of rotatable bonds is 7. The van der Waals surface area contributed by atoms with Gasteiger partial charge in [0.05, 0.1) is 0 Å². The van der Waals surface area contributed by atoms with E-state index in [4.69, 9.17) is 0 Å². The van der Waals surface area contributed by atoms with Gasteiger partial charge in [-0.05, 0) is 0 Å². The Hall–Kier alpha value is -1.03. The van der Waals surface area contributed by atoms with Crippen molar-refractivity contribution in [1.29, 1.82) is 0 Å². The first-order valence-electron chi connectivity index (χ1n) is 5.07. The molecule has 0 amide bonds. The Morgan fingerprint density at radius 2 is 1.04 bits per heavy atom. The first-order chi connectivity index (χ1) is 10.2. The van der Waals surface area contributed by atoms with Crippen molar-refractivity contribution in [1.82, 2.24) is 0 Å². The quantitative estimate of drug-likeness (QED) is 0.603. The van der Waals surface area contributed by atoms with Gasteiger partial charge in [0.1, 0.15) is 6.61 Å². The monoisotopic (exact) mass is 396 g/mol. The van der Waals surface area contributed by atoms with Crippen molar-refractivity contribution in [2.45, 2.75) is 36.5 Å². The van der Waals surface area contributed by atoms with Gasteiger partial charge in [-0.2, -0.15) is 57.1 Å². The standard InChI is InChI=1S/C8H5F13O3/c1-22-7(18,19)8(20,21)24-4(12,5(13,14)15)6(16,17)23-2-3(9,10)11/h2H2,1H3. The van der Waals surface area contributed by atoms with E-state index in [9.17, 15) is 57.1 Å². The number of hydrogen-bond acceptors (Lipinski definition) is 3. The first kappa shape index (κ1) is 23.0. The minimum Gasteiger partial charge on any atom is -0.317 e. The second kappa shape index (κ2) is 6.36. The van der Waals surface area contributed by atoms with Gasteiger partial charge in [-0.3, -0.25) is 4.74 Å². The van der Waals surface area contributed by atoms with E-state index in [0.29, 0.717) is 0 Å². The highest BCUT2D eigenvalue weighted by Crippen LogP contribution is 2.52. The van der Waals surface area contributed by atoms with Gasteiger partial charge in [0.2, 0.25) is 0 Å². The van der Waals surface area contributed by atoms with E-state index in [1.165, 1.54) is 0 Å². The zero-order valence-electron chi connectivity index (χ0n) is 10.8. The number of ether oxygens (including phenoxy) is 3. The lowest BCUT2D eigenvalue weighted by atomic mass is 10.2. The Kier molecular flexibility index (Phi) is 6.09. The van der Waals surface area contributed by atoms with Gasteiger partial charge in [-0.25, -0.2) is 0 Å². The highest BCUT2D eigenvalue weighted by Gasteiger charge is 2.80. The van der Waals surface area contributed by atoms with E-state index in [-0.39, 0.29) is 7.11 Å². The molecule has 0 spiro atoms. The number of methoxy groups -OCH3 is 1. The van der Waals surface area contributed by atoms with Crippen molar-refractivity contribution in [3.63, 3.8) is 0 Å². The predicted octanol–water partition coefficient (Wildman–Crippen LogP) is 4.23. The van der Waals surface area contributed by atoms with E-state index >= 15 is 0 Å². The molecule has 0 bridgehead atoms. The van der Waals surface area contributed by atoms with E-state index < -0.39 is 43.1 Å². The third kappa shape index (κ3) is 4.75. The summed E-state index contributed by atoms with van der Waals surface area (Å²) >= 11 is 0. The summed E-state index contributed by atoms with van der Waals surface area (Å²) < 4.78 is 168. The van der Waals surface area contributed by atoms with Crippen LogP contribution in [0.2, 0.25) is 0 Å². The summed E-state index contributed by atoms with van der Waals surface area (Å²) in [5, 5.41) is 0. The van der Waals surface area contributed by atoms with Crippen LogP contribution < -0.4 is 0 Å². The maximum absolute atomic E-state index is 13.4. The van der Waals surface area contributed by atoms with Gasteiger partial charge in [0.25, 0.3) is 0 Å². The van der Waals surface area contributed by atoms with Gasteiger partial charge < -0.3 is 9.47 Å². The lowest BCUT2D eigenvalue weighted by Crippen LogP contribution is -2.64. The molecule has 0 aromatic heterocycles. The zero-order valence-corrected chi connectivity index (χ0v) is 10.8. The SMILES string of the molecule is COC(F)(F)C(F)(F)OC(F)(C(F)(F)F)C(F)(F)OCC(F)(F)F. The van der Waals surface area contributed by atoms with Crippen molar-refractivity contribution in [3.05, 3.63) is 0 Å². The molecule has 146 valence electrons. The normalized spacial score (nSPS) is 17.8. The van der Waals surface area contributed by atoms with Gasteiger partial charge in [-0.1, -0.05) is 0 Å². The highest BCUT2D eigenvalue weighted by atomic mass is 19.4. The van der Waals surface area contributed by atoms with Crippen molar-refractivity contribution in [3.8, 4) is 0 Å². The third-order valence-electron chi connectivity index (χ3n) is 2.02. The maximum atomic E-state index is 13.4. The van der Waals surface area contributed by atoms with Crippen molar-refractivity contribution >= 4 is 0 Å². The van der Waals surface area contributed by atoms with Crippen molar-refractivity contribution in [2.75, 3.05) is 13.7 Å². The fourth-order valence-corrected chi connectivity index (χ4v) is 0.902. The summed E-state index contributed by atoms with van der Waals surface area (Å²) in [5.41, 5.74) is 0. The minimum atomic E-state index is -7.21. The Morgan fingerprint density at radius 3 is 1.33 bits per heavy atom. The van der Waals surface area contributed by atoms with Crippen LogP contribution in [0.4, 0.5) is 57.1 Å². The Bertz CT molecular complexity index is 428. The molecule has 0 radical (unpaired) electrons. The van der Waals surface area contributed by atoms with Crippen LogP contribution in [-0.4, -0.2) is 50.2 Å². The van der Waals surface area contributed by atoms with Crippen molar-refractivity contribution < 1.29 is 71.3 Å².